The van der Waals surface area contributed by atoms with Crippen molar-refractivity contribution in [1.82, 2.24) is 0 Å². The van der Waals surface area contributed by atoms with E-state index < -0.39 is 0 Å². The lowest BCUT2D eigenvalue weighted by Crippen LogP contribution is -2.24. The number of fused-ring (bicyclic) bond motifs is 1. The highest BCUT2D eigenvalue weighted by Crippen LogP contribution is 2.50. The Kier molecular flexibility index (Phi) is 3.23. The van der Waals surface area contributed by atoms with Crippen molar-refractivity contribution in [3.8, 4) is 0 Å². The van der Waals surface area contributed by atoms with Crippen LogP contribution >= 0.6 is 36.6 Å². The highest BCUT2D eigenvalue weighted by molar-refractivity contribution is 7.90. The second-order valence-corrected chi connectivity index (χ2v) is 7.30. The predicted molar refractivity (Wildman–Crippen MR) is 80.0 cm³/mol. The van der Waals surface area contributed by atoms with Crippen molar-refractivity contribution in [3.63, 3.8) is 0 Å². The SMILES string of the molecule is CCC1(C)Cc2c(C)sc(S)c2C(S)=C1C. The van der Waals surface area contributed by atoms with Crippen LogP contribution in [-0.4, -0.2) is 0 Å². The number of hydrogen-bond donors (Lipinski definition) is 2. The number of hydrogen-bond acceptors (Lipinski definition) is 3. The van der Waals surface area contributed by atoms with E-state index in [1.807, 2.05) is 0 Å². The monoisotopic (exact) mass is 270 g/mol. The first-order chi connectivity index (χ1) is 7.40. The molecule has 1 aliphatic carbocycles. The first kappa shape index (κ1) is 12.6. The maximum atomic E-state index is 4.72. The average Bonchev–Trinajstić information content (AvgIpc) is 2.51. The van der Waals surface area contributed by atoms with Gasteiger partial charge in [-0.25, -0.2) is 0 Å². The predicted octanol–water partition coefficient (Wildman–Crippen LogP) is 4.98. The van der Waals surface area contributed by atoms with Gasteiger partial charge in [0.25, 0.3) is 0 Å². The third-order valence-corrected chi connectivity index (χ3v) is 6.04. The third-order valence-electron chi connectivity index (χ3n) is 4.03. The molecule has 0 fully saturated rings. The third kappa shape index (κ3) is 1.68. The minimum atomic E-state index is 0.274. The molecule has 0 N–H and O–H groups in total. The van der Waals surface area contributed by atoms with Crippen LogP contribution in [0.5, 0.6) is 0 Å². The summed E-state index contributed by atoms with van der Waals surface area (Å²) in [6, 6.07) is 0. The lowest BCUT2D eigenvalue weighted by molar-refractivity contribution is 0.376. The number of thiol groups is 2. The van der Waals surface area contributed by atoms with Crippen LogP contribution in [0.3, 0.4) is 0 Å². The molecule has 88 valence electrons. The Bertz CT molecular complexity index is 468. The molecule has 3 heteroatoms. The molecule has 1 atom stereocenters. The van der Waals surface area contributed by atoms with Crippen LogP contribution in [0.4, 0.5) is 0 Å². The molecule has 1 heterocycles. The summed E-state index contributed by atoms with van der Waals surface area (Å²) in [5.41, 5.74) is 4.45. The zero-order chi connectivity index (χ0) is 12.1. The first-order valence-electron chi connectivity index (χ1n) is 5.62. The van der Waals surface area contributed by atoms with E-state index in [0.717, 1.165) is 15.5 Å². The fourth-order valence-electron chi connectivity index (χ4n) is 2.41. The Hall–Kier alpha value is 0.140. The standard InChI is InChI=1S/C13H18S3/c1-5-13(4)6-9-8(3)16-12(15)10(9)11(14)7(13)2/h14-15H,5-6H2,1-4H3. The minimum Gasteiger partial charge on any atom is -0.143 e. The summed E-state index contributed by atoms with van der Waals surface area (Å²) in [5, 5.41) is 0. The van der Waals surface area contributed by atoms with E-state index in [2.05, 4.69) is 40.3 Å². The van der Waals surface area contributed by atoms with Crippen molar-refractivity contribution < 1.29 is 0 Å². The Morgan fingerprint density at radius 2 is 1.94 bits per heavy atom. The summed E-state index contributed by atoms with van der Waals surface area (Å²) in [5.74, 6) is 0. The summed E-state index contributed by atoms with van der Waals surface area (Å²) in [4.78, 5) is 2.55. The molecule has 0 bridgehead atoms. The summed E-state index contributed by atoms with van der Waals surface area (Å²) < 4.78 is 1.12. The van der Waals surface area contributed by atoms with Gasteiger partial charge in [0, 0.05) is 15.3 Å². The van der Waals surface area contributed by atoms with Gasteiger partial charge in [0.2, 0.25) is 0 Å². The lowest BCUT2D eigenvalue weighted by atomic mass is 9.71. The van der Waals surface area contributed by atoms with Crippen molar-refractivity contribution in [2.24, 2.45) is 5.41 Å². The van der Waals surface area contributed by atoms with E-state index in [-0.39, 0.29) is 5.41 Å². The number of rotatable bonds is 1. The van der Waals surface area contributed by atoms with Crippen molar-refractivity contribution >= 4 is 41.5 Å². The number of allylic oxidation sites excluding steroid dienone is 1. The molecule has 1 aromatic rings. The van der Waals surface area contributed by atoms with Gasteiger partial charge in [-0.1, -0.05) is 19.4 Å². The zero-order valence-electron chi connectivity index (χ0n) is 10.2. The molecule has 0 saturated carbocycles. The van der Waals surface area contributed by atoms with E-state index >= 15 is 0 Å². The minimum absolute atomic E-state index is 0.274. The molecule has 1 aromatic heterocycles. The van der Waals surface area contributed by atoms with E-state index in [1.54, 1.807) is 11.3 Å². The van der Waals surface area contributed by atoms with Crippen LogP contribution in [0.15, 0.2) is 9.78 Å². The Morgan fingerprint density at radius 1 is 1.31 bits per heavy atom. The maximum Gasteiger partial charge on any atom is 0.0657 e. The van der Waals surface area contributed by atoms with Crippen LogP contribution in [0.25, 0.3) is 4.91 Å². The maximum absolute atomic E-state index is 4.72. The number of thiophene rings is 1. The smallest absolute Gasteiger partial charge is 0.0657 e. The molecule has 1 unspecified atom stereocenters. The molecule has 0 aliphatic heterocycles. The lowest BCUT2D eigenvalue weighted by Gasteiger charge is -2.35. The van der Waals surface area contributed by atoms with Gasteiger partial charge in [-0.2, -0.15) is 0 Å². The average molecular weight is 270 g/mol. The fraction of sp³-hybridized carbons (Fsp3) is 0.538. The van der Waals surface area contributed by atoms with E-state index in [0.29, 0.717) is 0 Å². The van der Waals surface area contributed by atoms with Crippen molar-refractivity contribution in [3.05, 3.63) is 21.6 Å². The summed E-state index contributed by atoms with van der Waals surface area (Å²) in [6.45, 7) is 9.02. The van der Waals surface area contributed by atoms with Crippen molar-refractivity contribution in [1.29, 1.82) is 0 Å². The number of aryl methyl sites for hydroxylation is 1. The summed E-state index contributed by atoms with van der Waals surface area (Å²) >= 11 is 11.1. The van der Waals surface area contributed by atoms with Crippen LogP contribution in [0.2, 0.25) is 0 Å². The molecule has 0 nitrogen and oxygen atoms in total. The largest absolute Gasteiger partial charge is 0.143 e. The van der Waals surface area contributed by atoms with E-state index in [1.165, 1.54) is 28.0 Å². The molecule has 0 amide bonds. The van der Waals surface area contributed by atoms with Crippen LogP contribution in [0, 0.1) is 12.3 Å². The Balaban J connectivity index is 2.68. The first-order valence-corrected chi connectivity index (χ1v) is 7.33. The van der Waals surface area contributed by atoms with Crippen molar-refractivity contribution in [2.45, 2.75) is 44.7 Å². The molecular weight excluding hydrogens is 252 g/mol. The van der Waals surface area contributed by atoms with Gasteiger partial charge in [0.05, 0.1) is 4.21 Å². The molecule has 0 radical (unpaired) electrons. The zero-order valence-corrected chi connectivity index (χ0v) is 12.8. The van der Waals surface area contributed by atoms with Crippen LogP contribution in [0.1, 0.15) is 43.2 Å². The highest BCUT2D eigenvalue weighted by atomic mass is 32.2. The van der Waals surface area contributed by atoms with Gasteiger partial charge in [0.15, 0.2) is 0 Å². The fourth-order valence-corrected chi connectivity index (χ4v) is 4.66. The summed E-state index contributed by atoms with van der Waals surface area (Å²) in [7, 11) is 0. The molecule has 0 aromatic carbocycles. The second kappa shape index (κ2) is 4.11. The second-order valence-electron chi connectivity index (χ2n) is 4.88. The van der Waals surface area contributed by atoms with E-state index in [9.17, 15) is 0 Å². The molecule has 0 spiro atoms. The molecule has 0 saturated heterocycles. The molecular formula is C13H18S3. The van der Waals surface area contributed by atoms with Gasteiger partial charge in [0.1, 0.15) is 0 Å². The normalized spacial score (nSPS) is 24.9. The Labute approximate surface area is 113 Å². The quantitative estimate of drug-likeness (QED) is 0.661. The molecule has 16 heavy (non-hydrogen) atoms. The highest BCUT2D eigenvalue weighted by Gasteiger charge is 2.34. The van der Waals surface area contributed by atoms with Gasteiger partial charge in [-0.15, -0.1) is 36.6 Å². The topological polar surface area (TPSA) is 0 Å². The van der Waals surface area contributed by atoms with E-state index in [4.69, 9.17) is 12.6 Å². The Morgan fingerprint density at radius 3 is 2.50 bits per heavy atom. The van der Waals surface area contributed by atoms with Gasteiger partial charge < -0.3 is 0 Å². The van der Waals surface area contributed by atoms with Crippen molar-refractivity contribution in [2.75, 3.05) is 0 Å². The molecule has 2 rings (SSSR count). The van der Waals surface area contributed by atoms with Crippen LogP contribution in [-0.2, 0) is 6.42 Å². The summed E-state index contributed by atoms with van der Waals surface area (Å²) in [6.07, 6.45) is 2.30. The van der Waals surface area contributed by atoms with Crippen LogP contribution < -0.4 is 0 Å². The van der Waals surface area contributed by atoms with Gasteiger partial charge >= 0.3 is 0 Å². The van der Waals surface area contributed by atoms with Gasteiger partial charge in [-0.3, -0.25) is 0 Å². The van der Waals surface area contributed by atoms with Gasteiger partial charge in [-0.05, 0) is 37.7 Å². The molecule has 1 aliphatic rings.